The molecule has 2 heterocycles. The van der Waals surface area contributed by atoms with Crippen LogP contribution in [0.15, 0.2) is 6.33 Å². The SMILES string of the molecule is COC(=O)c1ncn(C2CCCNC2)n1. The lowest BCUT2D eigenvalue weighted by atomic mass is 10.1. The summed E-state index contributed by atoms with van der Waals surface area (Å²) in [6, 6.07) is 0.296. The quantitative estimate of drug-likeness (QED) is 0.695. The molecule has 1 aromatic rings. The van der Waals surface area contributed by atoms with Crippen molar-refractivity contribution in [1.82, 2.24) is 20.1 Å². The molecule has 2 rings (SSSR count). The number of methoxy groups -OCH3 is 1. The number of nitrogens with zero attached hydrogens (tertiary/aromatic N) is 3. The monoisotopic (exact) mass is 210 g/mol. The van der Waals surface area contributed by atoms with Gasteiger partial charge in [-0.25, -0.2) is 14.5 Å². The number of carbonyl (C=O) groups excluding carboxylic acids is 1. The van der Waals surface area contributed by atoms with E-state index < -0.39 is 5.97 Å². The van der Waals surface area contributed by atoms with Crippen LogP contribution >= 0.6 is 0 Å². The first kappa shape index (κ1) is 10.1. The van der Waals surface area contributed by atoms with Gasteiger partial charge in [0, 0.05) is 6.54 Å². The molecule has 1 aliphatic heterocycles. The maximum Gasteiger partial charge on any atom is 0.377 e. The van der Waals surface area contributed by atoms with E-state index in [1.54, 1.807) is 11.0 Å². The summed E-state index contributed by atoms with van der Waals surface area (Å²) < 4.78 is 6.28. The Labute approximate surface area is 87.6 Å². The second-order valence-electron chi connectivity index (χ2n) is 3.54. The van der Waals surface area contributed by atoms with Gasteiger partial charge in [-0.1, -0.05) is 0 Å². The largest absolute Gasteiger partial charge is 0.463 e. The van der Waals surface area contributed by atoms with Crippen molar-refractivity contribution < 1.29 is 9.53 Å². The molecule has 0 amide bonds. The molecule has 0 radical (unpaired) electrons. The third kappa shape index (κ3) is 2.15. The normalized spacial score (nSPS) is 21.3. The first-order chi connectivity index (χ1) is 7.31. The number of hydrogen-bond acceptors (Lipinski definition) is 5. The van der Waals surface area contributed by atoms with Gasteiger partial charge in [-0.05, 0) is 19.4 Å². The van der Waals surface area contributed by atoms with Crippen molar-refractivity contribution in [3.8, 4) is 0 Å². The smallest absolute Gasteiger partial charge is 0.377 e. The highest BCUT2D eigenvalue weighted by atomic mass is 16.5. The summed E-state index contributed by atoms with van der Waals surface area (Å²) in [4.78, 5) is 15.0. The molecule has 1 aromatic heterocycles. The Kier molecular flexibility index (Phi) is 2.96. The topological polar surface area (TPSA) is 69.0 Å². The fraction of sp³-hybridized carbons (Fsp3) is 0.667. The molecular weight excluding hydrogens is 196 g/mol. The third-order valence-electron chi connectivity index (χ3n) is 2.52. The number of piperidine rings is 1. The summed E-state index contributed by atoms with van der Waals surface area (Å²) in [5.41, 5.74) is 0. The molecule has 0 spiro atoms. The first-order valence-corrected chi connectivity index (χ1v) is 5.01. The summed E-state index contributed by atoms with van der Waals surface area (Å²) in [6.07, 6.45) is 3.78. The molecule has 0 bridgehead atoms. The minimum atomic E-state index is -0.488. The minimum absolute atomic E-state index is 0.128. The summed E-state index contributed by atoms with van der Waals surface area (Å²) in [5, 5.41) is 7.38. The van der Waals surface area contributed by atoms with Gasteiger partial charge in [0.2, 0.25) is 0 Å². The zero-order chi connectivity index (χ0) is 10.7. The lowest BCUT2D eigenvalue weighted by Gasteiger charge is -2.22. The van der Waals surface area contributed by atoms with E-state index in [1.807, 2.05) is 0 Å². The van der Waals surface area contributed by atoms with Gasteiger partial charge < -0.3 is 10.1 Å². The van der Waals surface area contributed by atoms with Crippen molar-refractivity contribution in [2.75, 3.05) is 20.2 Å². The Morgan fingerprint density at radius 3 is 3.27 bits per heavy atom. The van der Waals surface area contributed by atoms with Crippen molar-refractivity contribution in [3.05, 3.63) is 12.2 Å². The summed E-state index contributed by atoms with van der Waals surface area (Å²) in [5.74, 6) is -0.361. The van der Waals surface area contributed by atoms with E-state index in [9.17, 15) is 4.79 Å². The van der Waals surface area contributed by atoms with Crippen LogP contribution in [0.2, 0.25) is 0 Å². The van der Waals surface area contributed by atoms with Gasteiger partial charge in [-0.3, -0.25) is 0 Å². The summed E-state index contributed by atoms with van der Waals surface area (Å²) >= 11 is 0. The van der Waals surface area contributed by atoms with E-state index in [-0.39, 0.29) is 5.82 Å². The van der Waals surface area contributed by atoms with Crippen LogP contribution < -0.4 is 5.32 Å². The molecule has 1 N–H and O–H groups in total. The number of rotatable bonds is 2. The number of ether oxygens (including phenoxy) is 1. The van der Waals surface area contributed by atoms with Crippen molar-refractivity contribution >= 4 is 5.97 Å². The standard InChI is InChI=1S/C9H14N4O2/c1-15-9(14)8-11-6-13(12-8)7-3-2-4-10-5-7/h6-7,10H,2-5H2,1H3. The van der Waals surface area contributed by atoms with E-state index in [2.05, 4.69) is 20.1 Å². The molecule has 1 fully saturated rings. The minimum Gasteiger partial charge on any atom is -0.463 e. The van der Waals surface area contributed by atoms with Crippen LogP contribution in [0.3, 0.4) is 0 Å². The van der Waals surface area contributed by atoms with E-state index in [0.29, 0.717) is 6.04 Å². The van der Waals surface area contributed by atoms with Crippen molar-refractivity contribution in [2.24, 2.45) is 0 Å². The van der Waals surface area contributed by atoms with Crippen LogP contribution in [0, 0.1) is 0 Å². The van der Waals surface area contributed by atoms with Gasteiger partial charge in [-0.15, -0.1) is 5.10 Å². The first-order valence-electron chi connectivity index (χ1n) is 5.01. The van der Waals surface area contributed by atoms with Crippen LogP contribution in [0.4, 0.5) is 0 Å². The second-order valence-corrected chi connectivity index (χ2v) is 3.54. The van der Waals surface area contributed by atoms with E-state index in [4.69, 9.17) is 0 Å². The fourth-order valence-electron chi connectivity index (χ4n) is 1.69. The van der Waals surface area contributed by atoms with E-state index >= 15 is 0 Å². The van der Waals surface area contributed by atoms with Gasteiger partial charge in [-0.2, -0.15) is 0 Å². The molecule has 1 atom stereocenters. The molecule has 0 aliphatic carbocycles. The van der Waals surface area contributed by atoms with Crippen LogP contribution in [-0.4, -0.2) is 40.9 Å². The Balaban J connectivity index is 2.08. The Morgan fingerprint density at radius 1 is 1.73 bits per heavy atom. The number of hydrogen-bond donors (Lipinski definition) is 1. The van der Waals surface area contributed by atoms with Crippen molar-refractivity contribution in [3.63, 3.8) is 0 Å². The lowest BCUT2D eigenvalue weighted by Crippen LogP contribution is -2.32. The molecule has 0 saturated carbocycles. The van der Waals surface area contributed by atoms with Gasteiger partial charge in [0.1, 0.15) is 6.33 Å². The predicted molar refractivity (Wildman–Crippen MR) is 52.5 cm³/mol. The maximum atomic E-state index is 11.1. The summed E-state index contributed by atoms with van der Waals surface area (Å²) in [6.45, 7) is 1.93. The Hall–Kier alpha value is -1.43. The van der Waals surface area contributed by atoms with Gasteiger partial charge in [0.25, 0.3) is 5.82 Å². The van der Waals surface area contributed by atoms with E-state index in [0.717, 1.165) is 25.9 Å². The molecule has 6 heteroatoms. The predicted octanol–water partition coefficient (Wildman–Crippen LogP) is -0.0108. The molecular formula is C9H14N4O2. The zero-order valence-electron chi connectivity index (χ0n) is 8.64. The molecule has 1 saturated heterocycles. The average molecular weight is 210 g/mol. The van der Waals surface area contributed by atoms with Crippen LogP contribution in [0.1, 0.15) is 29.5 Å². The number of esters is 1. The highest BCUT2D eigenvalue weighted by Crippen LogP contribution is 2.14. The molecule has 1 aliphatic rings. The number of aromatic nitrogens is 3. The lowest BCUT2D eigenvalue weighted by molar-refractivity contribution is 0.0586. The highest BCUT2D eigenvalue weighted by Gasteiger charge is 2.18. The maximum absolute atomic E-state index is 11.1. The van der Waals surface area contributed by atoms with E-state index in [1.165, 1.54) is 7.11 Å². The molecule has 1 unspecified atom stereocenters. The number of carbonyl (C=O) groups is 1. The third-order valence-corrected chi connectivity index (χ3v) is 2.52. The van der Waals surface area contributed by atoms with Gasteiger partial charge in [0.05, 0.1) is 13.2 Å². The molecule has 6 nitrogen and oxygen atoms in total. The molecule has 15 heavy (non-hydrogen) atoms. The summed E-state index contributed by atoms with van der Waals surface area (Å²) in [7, 11) is 1.32. The molecule has 0 aromatic carbocycles. The average Bonchev–Trinajstić information content (AvgIpc) is 2.78. The Morgan fingerprint density at radius 2 is 2.60 bits per heavy atom. The van der Waals surface area contributed by atoms with Crippen molar-refractivity contribution in [2.45, 2.75) is 18.9 Å². The fourth-order valence-corrected chi connectivity index (χ4v) is 1.69. The second kappa shape index (κ2) is 4.39. The highest BCUT2D eigenvalue weighted by molar-refractivity contribution is 5.84. The van der Waals surface area contributed by atoms with Gasteiger partial charge >= 0.3 is 5.97 Å². The van der Waals surface area contributed by atoms with Crippen LogP contribution in [0.5, 0.6) is 0 Å². The number of nitrogens with one attached hydrogen (secondary N) is 1. The van der Waals surface area contributed by atoms with Crippen molar-refractivity contribution in [1.29, 1.82) is 0 Å². The van der Waals surface area contributed by atoms with Crippen LogP contribution in [-0.2, 0) is 4.74 Å². The Bertz CT molecular complexity index is 344. The van der Waals surface area contributed by atoms with Crippen LogP contribution in [0.25, 0.3) is 0 Å². The zero-order valence-corrected chi connectivity index (χ0v) is 8.64. The molecule has 82 valence electrons. The van der Waals surface area contributed by atoms with Gasteiger partial charge in [0.15, 0.2) is 0 Å².